The molecule has 6 heteroatoms. The highest BCUT2D eigenvalue weighted by Crippen LogP contribution is 2.28. The number of nitrogens with one attached hydrogen (secondary N) is 1. The van der Waals surface area contributed by atoms with Crippen molar-refractivity contribution in [1.29, 1.82) is 0 Å². The molecule has 1 N–H and O–H groups in total. The summed E-state index contributed by atoms with van der Waals surface area (Å²) in [5.74, 6) is -0.878. The summed E-state index contributed by atoms with van der Waals surface area (Å²) in [4.78, 5) is 29.7. The van der Waals surface area contributed by atoms with Crippen LogP contribution in [0.5, 0.6) is 0 Å². The Hall–Kier alpha value is -2.99. The lowest BCUT2D eigenvalue weighted by Gasteiger charge is -2.13. The second-order valence-electron chi connectivity index (χ2n) is 6.03. The zero-order valence-electron chi connectivity index (χ0n) is 15.1. The van der Waals surface area contributed by atoms with Crippen LogP contribution in [0.4, 0.5) is 0 Å². The minimum absolute atomic E-state index is 0.338. The molecule has 0 saturated heterocycles. The SMILES string of the molecule is Cc1nc(-c2ccccc2)c(C(=O)O[C@@H](C)C(=O)NCc2ccccc2)s1. The fourth-order valence-corrected chi connectivity index (χ4v) is 3.38. The van der Waals surface area contributed by atoms with Gasteiger partial charge in [0, 0.05) is 12.1 Å². The number of hydrogen-bond donors (Lipinski definition) is 1. The number of thiazole rings is 1. The predicted octanol–water partition coefficient (Wildman–Crippen LogP) is 3.98. The minimum Gasteiger partial charge on any atom is -0.448 e. The van der Waals surface area contributed by atoms with E-state index in [0.717, 1.165) is 16.1 Å². The van der Waals surface area contributed by atoms with Crippen LogP contribution in [0.2, 0.25) is 0 Å². The average Bonchev–Trinajstić information content (AvgIpc) is 3.09. The summed E-state index contributed by atoms with van der Waals surface area (Å²) in [5.41, 5.74) is 2.41. The van der Waals surface area contributed by atoms with Gasteiger partial charge in [-0.25, -0.2) is 9.78 Å². The summed E-state index contributed by atoms with van der Waals surface area (Å²) in [6, 6.07) is 19.0. The molecule has 27 heavy (non-hydrogen) atoms. The number of benzene rings is 2. The van der Waals surface area contributed by atoms with Crippen molar-refractivity contribution in [2.45, 2.75) is 26.5 Å². The molecule has 138 valence electrons. The summed E-state index contributed by atoms with van der Waals surface area (Å²) in [6.45, 7) is 3.79. The summed E-state index contributed by atoms with van der Waals surface area (Å²) in [7, 11) is 0. The van der Waals surface area contributed by atoms with Gasteiger partial charge in [-0.15, -0.1) is 11.3 Å². The van der Waals surface area contributed by atoms with Gasteiger partial charge in [-0.3, -0.25) is 4.79 Å². The van der Waals surface area contributed by atoms with Gasteiger partial charge in [0.1, 0.15) is 4.88 Å². The Morgan fingerprint density at radius 3 is 2.37 bits per heavy atom. The van der Waals surface area contributed by atoms with E-state index in [1.807, 2.05) is 67.6 Å². The molecule has 0 aliphatic heterocycles. The fraction of sp³-hybridized carbons (Fsp3) is 0.190. The van der Waals surface area contributed by atoms with Crippen molar-refractivity contribution in [2.24, 2.45) is 0 Å². The Morgan fingerprint density at radius 2 is 1.70 bits per heavy atom. The topological polar surface area (TPSA) is 68.3 Å². The van der Waals surface area contributed by atoms with Crippen LogP contribution < -0.4 is 5.32 Å². The average molecular weight is 380 g/mol. The third-order valence-corrected chi connectivity index (χ3v) is 4.88. The number of hydrogen-bond acceptors (Lipinski definition) is 5. The van der Waals surface area contributed by atoms with Gasteiger partial charge >= 0.3 is 5.97 Å². The molecule has 0 aliphatic carbocycles. The van der Waals surface area contributed by atoms with Gasteiger partial charge < -0.3 is 10.1 Å². The van der Waals surface area contributed by atoms with Crippen molar-refractivity contribution in [3.05, 3.63) is 76.1 Å². The molecule has 3 rings (SSSR count). The number of ether oxygens (including phenoxy) is 1. The number of carbonyl (C=O) groups is 2. The van der Waals surface area contributed by atoms with Crippen molar-refractivity contribution in [1.82, 2.24) is 10.3 Å². The first kappa shape index (κ1) is 18.8. The van der Waals surface area contributed by atoms with Crippen LogP contribution in [0, 0.1) is 6.92 Å². The lowest BCUT2D eigenvalue weighted by atomic mass is 10.1. The van der Waals surface area contributed by atoms with Gasteiger partial charge in [-0.1, -0.05) is 60.7 Å². The summed E-state index contributed by atoms with van der Waals surface area (Å²) in [5, 5.41) is 3.54. The van der Waals surface area contributed by atoms with E-state index >= 15 is 0 Å². The van der Waals surface area contributed by atoms with E-state index in [1.54, 1.807) is 6.92 Å². The van der Waals surface area contributed by atoms with Crippen LogP contribution in [0.1, 0.15) is 27.2 Å². The number of nitrogens with zero attached hydrogens (tertiary/aromatic N) is 1. The number of esters is 1. The van der Waals surface area contributed by atoms with Crippen molar-refractivity contribution < 1.29 is 14.3 Å². The molecule has 5 nitrogen and oxygen atoms in total. The molecule has 0 fully saturated rings. The van der Waals surface area contributed by atoms with Gasteiger partial charge in [0.15, 0.2) is 6.10 Å². The van der Waals surface area contributed by atoms with Crippen molar-refractivity contribution in [3.63, 3.8) is 0 Å². The molecule has 0 bridgehead atoms. The number of aromatic nitrogens is 1. The van der Waals surface area contributed by atoms with Crippen LogP contribution in [0.3, 0.4) is 0 Å². The Balaban J connectivity index is 1.66. The Morgan fingerprint density at radius 1 is 1.07 bits per heavy atom. The second-order valence-corrected chi connectivity index (χ2v) is 7.23. The molecule has 0 saturated carbocycles. The van der Waals surface area contributed by atoms with E-state index in [4.69, 9.17) is 4.74 Å². The normalized spacial score (nSPS) is 11.6. The van der Waals surface area contributed by atoms with Gasteiger partial charge in [-0.2, -0.15) is 0 Å². The molecule has 2 aromatic carbocycles. The second kappa shape index (κ2) is 8.60. The number of aryl methyl sites for hydroxylation is 1. The molecular formula is C21H20N2O3S. The Labute approximate surface area is 162 Å². The third-order valence-electron chi connectivity index (χ3n) is 3.93. The first-order chi connectivity index (χ1) is 13.0. The monoisotopic (exact) mass is 380 g/mol. The maximum Gasteiger partial charge on any atom is 0.351 e. The lowest BCUT2D eigenvalue weighted by molar-refractivity contribution is -0.129. The fourth-order valence-electron chi connectivity index (χ4n) is 2.55. The zero-order valence-corrected chi connectivity index (χ0v) is 16.0. The van der Waals surface area contributed by atoms with Crippen LogP contribution in [-0.2, 0) is 16.1 Å². The van der Waals surface area contributed by atoms with Gasteiger partial charge in [-0.05, 0) is 19.4 Å². The molecule has 0 aliphatic rings. The van der Waals surface area contributed by atoms with E-state index in [9.17, 15) is 9.59 Å². The Bertz CT molecular complexity index is 923. The van der Waals surface area contributed by atoms with Crippen molar-refractivity contribution in [2.75, 3.05) is 0 Å². The summed E-state index contributed by atoms with van der Waals surface area (Å²) in [6.07, 6.45) is -0.896. The number of rotatable bonds is 6. The largest absolute Gasteiger partial charge is 0.448 e. The highest BCUT2D eigenvalue weighted by molar-refractivity contribution is 7.14. The van der Waals surface area contributed by atoms with Crippen molar-refractivity contribution >= 4 is 23.2 Å². The molecule has 1 amide bonds. The maximum atomic E-state index is 12.6. The molecule has 0 radical (unpaired) electrons. The molecule has 0 spiro atoms. The molecule has 1 heterocycles. The van der Waals surface area contributed by atoms with Gasteiger partial charge in [0.2, 0.25) is 0 Å². The third kappa shape index (κ3) is 4.80. The minimum atomic E-state index is -0.896. The first-order valence-corrected chi connectivity index (χ1v) is 9.41. The van der Waals surface area contributed by atoms with Crippen LogP contribution in [-0.4, -0.2) is 23.0 Å². The Kier molecular flexibility index (Phi) is 5.98. The highest BCUT2D eigenvalue weighted by Gasteiger charge is 2.24. The van der Waals surface area contributed by atoms with E-state index in [0.29, 0.717) is 17.1 Å². The molecule has 0 unspecified atom stereocenters. The zero-order chi connectivity index (χ0) is 19.2. The standard InChI is InChI=1S/C21H20N2O3S/c1-14(20(24)22-13-16-9-5-3-6-10-16)26-21(25)19-18(23-15(2)27-19)17-11-7-4-8-12-17/h3-12,14H,13H2,1-2H3,(H,22,24)/t14-/m0/s1. The smallest absolute Gasteiger partial charge is 0.351 e. The molecule has 1 atom stereocenters. The van der Waals surface area contributed by atoms with E-state index in [1.165, 1.54) is 11.3 Å². The summed E-state index contributed by atoms with van der Waals surface area (Å²) >= 11 is 1.26. The van der Waals surface area contributed by atoms with Gasteiger partial charge in [0.25, 0.3) is 5.91 Å². The number of amides is 1. The van der Waals surface area contributed by atoms with Gasteiger partial charge in [0.05, 0.1) is 10.7 Å². The van der Waals surface area contributed by atoms with E-state index in [-0.39, 0.29) is 5.91 Å². The van der Waals surface area contributed by atoms with Crippen LogP contribution in [0.25, 0.3) is 11.3 Å². The summed E-state index contributed by atoms with van der Waals surface area (Å²) < 4.78 is 5.38. The quantitative estimate of drug-likeness (QED) is 0.657. The lowest BCUT2D eigenvalue weighted by Crippen LogP contribution is -2.35. The van der Waals surface area contributed by atoms with Crippen LogP contribution in [0.15, 0.2) is 60.7 Å². The first-order valence-electron chi connectivity index (χ1n) is 8.60. The number of carbonyl (C=O) groups excluding carboxylic acids is 2. The maximum absolute atomic E-state index is 12.6. The van der Waals surface area contributed by atoms with E-state index < -0.39 is 12.1 Å². The van der Waals surface area contributed by atoms with Crippen molar-refractivity contribution in [3.8, 4) is 11.3 Å². The van der Waals surface area contributed by atoms with Crippen LogP contribution >= 0.6 is 11.3 Å². The molecular weight excluding hydrogens is 360 g/mol. The highest BCUT2D eigenvalue weighted by atomic mass is 32.1. The predicted molar refractivity (Wildman–Crippen MR) is 105 cm³/mol. The van der Waals surface area contributed by atoms with E-state index in [2.05, 4.69) is 10.3 Å². The molecule has 3 aromatic rings. The molecule has 1 aromatic heterocycles.